The van der Waals surface area contributed by atoms with E-state index in [1.54, 1.807) is 0 Å². The Labute approximate surface area is 107 Å². The molecule has 0 aromatic heterocycles. The van der Waals surface area contributed by atoms with Crippen LogP contribution in [0, 0.1) is 0 Å². The minimum Gasteiger partial charge on any atom is -0.311 e. The largest absolute Gasteiger partial charge is 0.311 e. The second-order valence-electron chi connectivity index (χ2n) is 5.22. The van der Waals surface area contributed by atoms with E-state index < -0.39 is 6.43 Å². The number of rotatable bonds is 3. The Morgan fingerprint density at radius 2 is 2.06 bits per heavy atom. The fourth-order valence-corrected chi connectivity index (χ4v) is 2.61. The molecule has 0 amide bonds. The molecule has 18 heavy (non-hydrogen) atoms. The molecule has 2 unspecified atom stereocenters. The fraction of sp³-hybridized carbons (Fsp3) is 0.571. The van der Waals surface area contributed by atoms with E-state index in [1.807, 2.05) is 49.1 Å². The van der Waals surface area contributed by atoms with Gasteiger partial charge >= 0.3 is 0 Å². The van der Waals surface area contributed by atoms with Crippen LogP contribution in [0.4, 0.5) is 8.78 Å². The molecule has 0 aliphatic carbocycles. The molecule has 0 saturated carbocycles. The van der Waals surface area contributed by atoms with Gasteiger partial charge in [-0.15, -0.1) is 0 Å². The van der Waals surface area contributed by atoms with E-state index in [0.717, 1.165) is 5.56 Å². The quantitative estimate of drug-likeness (QED) is 0.891. The first kappa shape index (κ1) is 13.4. The highest BCUT2D eigenvalue weighted by molar-refractivity contribution is 5.25. The van der Waals surface area contributed by atoms with Crippen molar-refractivity contribution in [1.29, 1.82) is 0 Å². The SMILES string of the molecule is CC1CN(CC(F)F)C(C)(c2ccccc2)CN1. The number of hydrogen-bond acceptors (Lipinski definition) is 2. The summed E-state index contributed by atoms with van der Waals surface area (Å²) in [6.45, 7) is 5.24. The molecule has 0 radical (unpaired) electrons. The van der Waals surface area contributed by atoms with E-state index in [0.29, 0.717) is 13.1 Å². The van der Waals surface area contributed by atoms with Gasteiger partial charge in [-0.1, -0.05) is 30.3 Å². The molecule has 100 valence electrons. The average Bonchev–Trinajstić information content (AvgIpc) is 2.34. The van der Waals surface area contributed by atoms with Gasteiger partial charge in [-0.3, -0.25) is 4.90 Å². The van der Waals surface area contributed by atoms with E-state index in [4.69, 9.17) is 0 Å². The highest BCUT2D eigenvalue weighted by atomic mass is 19.3. The van der Waals surface area contributed by atoms with Gasteiger partial charge in [0.1, 0.15) is 0 Å². The standard InChI is InChI=1S/C14H20F2N2/c1-11-8-18(9-13(15)16)14(2,10-17-11)12-6-4-3-5-7-12/h3-7,11,13,17H,8-10H2,1-2H3. The molecule has 1 heterocycles. The lowest BCUT2D eigenvalue weighted by atomic mass is 9.87. The van der Waals surface area contributed by atoms with Crippen molar-refractivity contribution in [3.8, 4) is 0 Å². The van der Waals surface area contributed by atoms with Crippen LogP contribution >= 0.6 is 0 Å². The summed E-state index contributed by atoms with van der Waals surface area (Å²) in [5, 5.41) is 3.39. The molecule has 1 aromatic rings. The van der Waals surface area contributed by atoms with Gasteiger partial charge in [0, 0.05) is 19.1 Å². The smallest absolute Gasteiger partial charge is 0.251 e. The van der Waals surface area contributed by atoms with Crippen molar-refractivity contribution >= 4 is 0 Å². The predicted octanol–water partition coefficient (Wildman–Crippen LogP) is 2.46. The molecule has 2 nitrogen and oxygen atoms in total. The van der Waals surface area contributed by atoms with Crippen LogP contribution in [0.2, 0.25) is 0 Å². The van der Waals surface area contributed by atoms with Gasteiger partial charge in [-0.25, -0.2) is 8.78 Å². The molecule has 1 saturated heterocycles. The van der Waals surface area contributed by atoms with Gasteiger partial charge in [0.2, 0.25) is 0 Å². The van der Waals surface area contributed by atoms with Gasteiger partial charge in [0.25, 0.3) is 6.43 Å². The Morgan fingerprint density at radius 1 is 1.39 bits per heavy atom. The van der Waals surface area contributed by atoms with Crippen molar-refractivity contribution in [3.63, 3.8) is 0 Å². The van der Waals surface area contributed by atoms with E-state index in [9.17, 15) is 8.78 Å². The van der Waals surface area contributed by atoms with Gasteiger partial charge < -0.3 is 5.32 Å². The summed E-state index contributed by atoms with van der Waals surface area (Å²) in [5.41, 5.74) is 0.731. The fourth-order valence-electron chi connectivity index (χ4n) is 2.61. The minimum absolute atomic E-state index is 0.169. The van der Waals surface area contributed by atoms with E-state index in [1.165, 1.54) is 0 Å². The van der Waals surface area contributed by atoms with Crippen molar-refractivity contribution in [2.45, 2.75) is 31.9 Å². The Hall–Kier alpha value is -1.00. The molecular formula is C14H20F2N2. The van der Waals surface area contributed by atoms with Crippen LogP contribution in [-0.4, -0.2) is 37.0 Å². The number of nitrogens with zero attached hydrogens (tertiary/aromatic N) is 1. The van der Waals surface area contributed by atoms with Crippen LogP contribution in [0.1, 0.15) is 19.4 Å². The van der Waals surface area contributed by atoms with Gasteiger partial charge in [-0.2, -0.15) is 0 Å². The molecule has 2 atom stereocenters. The highest BCUT2D eigenvalue weighted by Gasteiger charge is 2.38. The first-order chi connectivity index (χ1) is 8.52. The van der Waals surface area contributed by atoms with Crippen LogP contribution in [0.3, 0.4) is 0 Å². The van der Waals surface area contributed by atoms with Crippen molar-refractivity contribution < 1.29 is 8.78 Å². The maximum Gasteiger partial charge on any atom is 0.251 e. The zero-order valence-electron chi connectivity index (χ0n) is 10.9. The van der Waals surface area contributed by atoms with Gasteiger partial charge in [-0.05, 0) is 19.4 Å². The number of nitrogens with one attached hydrogen (secondary N) is 1. The van der Waals surface area contributed by atoms with Crippen molar-refractivity contribution in [3.05, 3.63) is 35.9 Å². The van der Waals surface area contributed by atoms with Crippen molar-refractivity contribution in [2.75, 3.05) is 19.6 Å². The Kier molecular flexibility index (Phi) is 3.97. The summed E-state index contributed by atoms with van der Waals surface area (Å²) in [4.78, 5) is 1.90. The number of hydrogen-bond donors (Lipinski definition) is 1. The summed E-state index contributed by atoms with van der Waals surface area (Å²) in [5.74, 6) is 0. The van der Waals surface area contributed by atoms with Crippen molar-refractivity contribution in [2.24, 2.45) is 0 Å². The van der Waals surface area contributed by atoms with Crippen LogP contribution in [0.15, 0.2) is 30.3 Å². The lowest BCUT2D eigenvalue weighted by Crippen LogP contribution is -2.61. The third-order valence-corrected chi connectivity index (χ3v) is 3.74. The first-order valence-electron chi connectivity index (χ1n) is 6.34. The summed E-state index contributed by atoms with van der Waals surface area (Å²) in [6, 6.07) is 10.1. The average molecular weight is 254 g/mol. The number of alkyl halides is 2. The molecule has 1 N–H and O–H groups in total. The lowest BCUT2D eigenvalue weighted by molar-refractivity contribution is -0.00183. The van der Waals surface area contributed by atoms with Gasteiger partial charge in [0.15, 0.2) is 0 Å². The number of benzene rings is 1. The molecule has 1 aromatic carbocycles. The van der Waals surface area contributed by atoms with E-state index in [2.05, 4.69) is 5.32 Å². The summed E-state index contributed by atoms with van der Waals surface area (Å²) in [6.07, 6.45) is -2.29. The molecule has 1 fully saturated rings. The highest BCUT2D eigenvalue weighted by Crippen LogP contribution is 2.31. The molecule has 1 aliphatic heterocycles. The Bertz CT molecular complexity index is 381. The maximum atomic E-state index is 12.7. The molecule has 1 aliphatic rings. The third-order valence-electron chi connectivity index (χ3n) is 3.74. The predicted molar refractivity (Wildman–Crippen MR) is 68.8 cm³/mol. The zero-order valence-corrected chi connectivity index (χ0v) is 10.9. The van der Waals surface area contributed by atoms with Crippen LogP contribution in [0.25, 0.3) is 0 Å². The molecule has 4 heteroatoms. The number of piperazine rings is 1. The maximum absolute atomic E-state index is 12.7. The van der Waals surface area contributed by atoms with Crippen LogP contribution < -0.4 is 5.32 Å². The van der Waals surface area contributed by atoms with Crippen LogP contribution in [0.5, 0.6) is 0 Å². The topological polar surface area (TPSA) is 15.3 Å². The summed E-state index contributed by atoms with van der Waals surface area (Å²) in [7, 11) is 0. The summed E-state index contributed by atoms with van der Waals surface area (Å²) >= 11 is 0. The normalized spacial score (nSPS) is 29.7. The molecule has 0 spiro atoms. The van der Waals surface area contributed by atoms with E-state index >= 15 is 0 Å². The molecule has 0 bridgehead atoms. The Balaban J connectivity index is 2.27. The van der Waals surface area contributed by atoms with Crippen LogP contribution in [-0.2, 0) is 5.54 Å². The van der Waals surface area contributed by atoms with Crippen molar-refractivity contribution in [1.82, 2.24) is 10.2 Å². The number of halogens is 2. The second-order valence-corrected chi connectivity index (χ2v) is 5.22. The van der Waals surface area contributed by atoms with Gasteiger partial charge in [0.05, 0.1) is 12.1 Å². The second kappa shape index (κ2) is 5.33. The lowest BCUT2D eigenvalue weighted by Gasteiger charge is -2.47. The summed E-state index contributed by atoms with van der Waals surface area (Å²) < 4.78 is 25.5. The first-order valence-corrected chi connectivity index (χ1v) is 6.34. The third kappa shape index (κ3) is 2.70. The monoisotopic (exact) mass is 254 g/mol. The minimum atomic E-state index is -2.29. The Morgan fingerprint density at radius 3 is 2.67 bits per heavy atom. The molecule has 2 rings (SSSR count). The van der Waals surface area contributed by atoms with E-state index in [-0.39, 0.29) is 18.1 Å². The zero-order chi connectivity index (χ0) is 13.2. The molecular weight excluding hydrogens is 234 g/mol.